The number of halogens is 1. The molecule has 128 valence electrons. The standard InChI is InChI=1S/C20H18FNO3/c1-22-15-9-13(10-16(15)23)18-17(8-7-14(21)19(18)20(22)24)25-11-12-5-3-2-4-6-12/h2-8,13,15H,9-11H2,1H3. The molecule has 4 rings (SSSR count). The number of rotatable bonds is 3. The number of nitrogens with zero attached hydrogens (tertiary/aromatic N) is 1. The number of Topliss-reactive ketones (excluding diaryl/α,β-unsaturated/α-hetero) is 1. The molecule has 25 heavy (non-hydrogen) atoms. The van der Waals surface area contributed by atoms with Crippen LogP contribution < -0.4 is 4.74 Å². The Morgan fingerprint density at radius 2 is 1.92 bits per heavy atom. The van der Waals surface area contributed by atoms with E-state index in [1.54, 1.807) is 13.1 Å². The van der Waals surface area contributed by atoms with Crippen molar-refractivity contribution in [3.05, 3.63) is 65.0 Å². The Labute approximate surface area is 145 Å². The van der Waals surface area contributed by atoms with Crippen molar-refractivity contribution in [1.29, 1.82) is 0 Å². The maximum Gasteiger partial charge on any atom is 0.257 e. The molecule has 2 aromatic rings. The molecule has 1 aliphatic carbocycles. The molecule has 5 heteroatoms. The predicted octanol–water partition coefficient (Wildman–Crippen LogP) is 3.31. The van der Waals surface area contributed by atoms with Crippen LogP contribution in [0.4, 0.5) is 4.39 Å². The second-order valence-electron chi connectivity index (χ2n) is 6.64. The highest BCUT2D eigenvalue weighted by Gasteiger charge is 2.45. The van der Waals surface area contributed by atoms with Gasteiger partial charge in [-0.2, -0.15) is 0 Å². The largest absolute Gasteiger partial charge is 0.489 e. The van der Waals surface area contributed by atoms with Crippen molar-refractivity contribution in [2.24, 2.45) is 0 Å². The molecule has 1 fully saturated rings. The summed E-state index contributed by atoms with van der Waals surface area (Å²) >= 11 is 0. The van der Waals surface area contributed by atoms with E-state index in [0.29, 0.717) is 30.8 Å². The lowest BCUT2D eigenvalue weighted by Gasteiger charge is -2.23. The maximum atomic E-state index is 14.5. The third kappa shape index (κ3) is 2.60. The molecule has 1 amide bonds. The number of fused-ring (bicyclic) bond motifs is 4. The van der Waals surface area contributed by atoms with Gasteiger partial charge in [0, 0.05) is 19.0 Å². The van der Waals surface area contributed by atoms with E-state index in [1.807, 2.05) is 30.3 Å². The number of ketones is 1. The topological polar surface area (TPSA) is 46.6 Å². The van der Waals surface area contributed by atoms with Gasteiger partial charge in [0.25, 0.3) is 5.91 Å². The van der Waals surface area contributed by atoms with Crippen molar-refractivity contribution >= 4 is 11.7 Å². The van der Waals surface area contributed by atoms with Gasteiger partial charge in [-0.15, -0.1) is 0 Å². The van der Waals surface area contributed by atoms with Crippen LogP contribution in [0.1, 0.15) is 40.2 Å². The monoisotopic (exact) mass is 339 g/mol. The van der Waals surface area contributed by atoms with Crippen molar-refractivity contribution in [2.75, 3.05) is 7.05 Å². The summed E-state index contributed by atoms with van der Waals surface area (Å²) in [4.78, 5) is 26.3. The van der Waals surface area contributed by atoms with E-state index in [0.717, 1.165) is 5.56 Å². The van der Waals surface area contributed by atoms with Crippen LogP contribution in [0.3, 0.4) is 0 Å². The molecule has 1 saturated carbocycles. The first-order valence-electron chi connectivity index (χ1n) is 8.35. The number of amides is 1. The van der Waals surface area contributed by atoms with Crippen LogP contribution in [-0.4, -0.2) is 29.7 Å². The average molecular weight is 339 g/mol. The number of hydrogen-bond acceptors (Lipinski definition) is 3. The minimum Gasteiger partial charge on any atom is -0.489 e. The molecule has 0 spiro atoms. The summed E-state index contributed by atoms with van der Waals surface area (Å²) in [5.74, 6) is -0.660. The Balaban J connectivity index is 1.76. The van der Waals surface area contributed by atoms with Gasteiger partial charge in [0.05, 0.1) is 11.6 Å². The summed E-state index contributed by atoms with van der Waals surface area (Å²) < 4.78 is 20.4. The number of hydrogen-bond donors (Lipinski definition) is 0. The first-order valence-corrected chi connectivity index (χ1v) is 8.35. The van der Waals surface area contributed by atoms with Crippen molar-refractivity contribution in [2.45, 2.75) is 31.4 Å². The molecule has 2 aromatic carbocycles. The summed E-state index contributed by atoms with van der Waals surface area (Å²) in [6, 6.07) is 12.0. The van der Waals surface area contributed by atoms with E-state index in [-0.39, 0.29) is 17.3 Å². The SMILES string of the molecule is CN1C(=O)c2c(F)ccc(OCc3ccccc3)c2C2CC(=O)C1C2. The van der Waals surface area contributed by atoms with E-state index < -0.39 is 17.8 Å². The molecule has 1 heterocycles. The Morgan fingerprint density at radius 1 is 1.16 bits per heavy atom. The number of likely N-dealkylation sites (N-methyl/N-ethyl adjacent to an activating group) is 1. The van der Waals surface area contributed by atoms with E-state index >= 15 is 0 Å². The quantitative estimate of drug-likeness (QED) is 0.862. The van der Waals surface area contributed by atoms with E-state index in [2.05, 4.69) is 0 Å². The number of benzene rings is 2. The summed E-state index contributed by atoms with van der Waals surface area (Å²) in [6.07, 6.45) is 0.847. The Hall–Kier alpha value is -2.69. The van der Waals surface area contributed by atoms with Crippen molar-refractivity contribution < 1.29 is 18.7 Å². The summed E-state index contributed by atoms with van der Waals surface area (Å²) in [5.41, 5.74) is 1.58. The smallest absolute Gasteiger partial charge is 0.257 e. The Morgan fingerprint density at radius 3 is 2.68 bits per heavy atom. The van der Waals surface area contributed by atoms with Crippen LogP contribution in [0.5, 0.6) is 5.75 Å². The summed E-state index contributed by atoms with van der Waals surface area (Å²) in [7, 11) is 1.57. The third-order valence-electron chi connectivity index (χ3n) is 5.13. The lowest BCUT2D eigenvalue weighted by molar-refractivity contribution is -0.121. The highest BCUT2D eigenvalue weighted by atomic mass is 19.1. The normalized spacial score (nSPS) is 21.9. The lowest BCUT2D eigenvalue weighted by atomic mass is 9.91. The second kappa shape index (κ2) is 5.99. The Kier molecular flexibility index (Phi) is 3.79. The van der Waals surface area contributed by atoms with Crippen LogP contribution in [-0.2, 0) is 11.4 Å². The van der Waals surface area contributed by atoms with Gasteiger partial charge in [0.2, 0.25) is 0 Å². The molecule has 0 aromatic heterocycles. The van der Waals surface area contributed by atoms with Crippen molar-refractivity contribution in [3.8, 4) is 5.75 Å². The predicted molar refractivity (Wildman–Crippen MR) is 90.0 cm³/mol. The van der Waals surface area contributed by atoms with Gasteiger partial charge in [-0.05, 0) is 30.0 Å². The van der Waals surface area contributed by atoms with Crippen LogP contribution in [0, 0.1) is 5.82 Å². The first-order chi connectivity index (χ1) is 12.1. The van der Waals surface area contributed by atoms with Gasteiger partial charge >= 0.3 is 0 Å². The summed E-state index contributed by atoms with van der Waals surface area (Å²) in [5, 5.41) is 0. The van der Waals surface area contributed by atoms with Gasteiger partial charge in [-0.1, -0.05) is 30.3 Å². The molecule has 0 saturated heterocycles. The zero-order chi connectivity index (χ0) is 17.6. The molecule has 2 unspecified atom stereocenters. The van der Waals surface area contributed by atoms with Crippen LogP contribution >= 0.6 is 0 Å². The highest BCUT2D eigenvalue weighted by molar-refractivity contribution is 6.02. The van der Waals surface area contributed by atoms with E-state index in [1.165, 1.54) is 11.0 Å². The van der Waals surface area contributed by atoms with Crippen molar-refractivity contribution in [3.63, 3.8) is 0 Å². The van der Waals surface area contributed by atoms with Gasteiger partial charge in [0.1, 0.15) is 18.2 Å². The van der Waals surface area contributed by atoms with Gasteiger partial charge in [-0.25, -0.2) is 4.39 Å². The third-order valence-corrected chi connectivity index (χ3v) is 5.13. The molecular weight excluding hydrogens is 321 g/mol. The highest BCUT2D eigenvalue weighted by Crippen LogP contribution is 2.44. The van der Waals surface area contributed by atoms with Crippen LogP contribution in [0.15, 0.2) is 42.5 Å². The van der Waals surface area contributed by atoms with Gasteiger partial charge in [-0.3, -0.25) is 9.59 Å². The van der Waals surface area contributed by atoms with Gasteiger partial charge < -0.3 is 9.64 Å². The molecule has 0 N–H and O–H groups in total. The van der Waals surface area contributed by atoms with E-state index in [4.69, 9.17) is 4.74 Å². The molecule has 1 aliphatic heterocycles. The number of carbonyl (C=O) groups excluding carboxylic acids is 2. The average Bonchev–Trinajstić information content (AvgIpc) is 2.96. The van der Waals surface area contributed by atoms with E-state index in [9.17, 15) is 14.0 Å². The Bertz CT molecular complexity index is 850. The second-order valence-corrected chi connectivity index (χ2v) is 6.64. The van der Waals surface area contributed by atoms with Crippen LogP contribution in [0.2, 0.25) is 0 Å². The molecule has 0 radical (unpaired) electrons. The first kappa shape index (κ1) is 15.8. The zero-order valence-electron chi connectivity index (χ0n) is 13.9. The molecule has 4 nitrogen and oxygen atoms in total. The van der Waals surface area contributed by atoms with Crippen LogP contribution in [0.25, 0.3) is 0 Å². The molecule has 2 bridgehead atoms. The lowest BCUT2D eigenvalue weighted by Crippen LogP contribution is -2.39. The molecule has 2 aliphatic rings. The fraction of sp³-hybridized carbons (Fsp3) is 0.300. The fourth-order valence-electron chi connectivity index (χ4n) is 3.83. The van der Waals surface area contributed by atoms with Crippen molar-refractivity contribution in [1.82, 2.24) is 4.90 Å². The molecule has 2 atom stereocenters. The minimum absolute atomic E-state index is 0.0322. The zero-order valence-corrected chi connectivity index (χ0v) is 13.9. The minimum atomic E-state index is -0.557. The maximum absolute atomic E-state index is 14.5. The number of carbonyl (C=O) groups is 2. The fourth-order valence-corrected chi connectivity index (χ4v) is 3.83. The number of ether oxygens (including phenoxy) is 1. The van der Waals surface area contributed by atoms with Gasteiger partial charge in [0.15, 0.2) is 5.78 Å². The summed E-state index contributed by atoms with van der Waals surface area (Å²) in [6.45, 7) is 0.326. The molecular formula is C20H18FNO3.